The van der Waals surface area contributed by atoms with E-state index in [0.29, 0.717) is 0 Å². The standard InChI is InChI=1S/C42H28INOS/c1-43-26-27-14-20-32(21-15-27)44(33-22-18-29(19-23-33)31-17-16-28-8-2-3-9-30(28)24-31)36-25-38-41(34-10-4-6-12-37(34)45-38)42-40(36)35-11-5-7-13-39(35)46-42/h2-25H,1,26H2. The van der Waals surface area contributed by atoms with Gasteiger partial charge in [0.25, 0.3) is 0 Å². The van der Waals surface area contributed by atoms with Crippen LogP contribution in [0.2, 0.25) is 0 Å². The molecular formula is C42H28INOS. The number of alkyl halides is 1. The topological polar surface area (TPSA) is 16.4 Å². The number of anilines is 3. The second-order valence-electron chi connectivity index (χ2n) is 11.6. The van der Waals surface area contributed by atoms with E-state index in [2.05, 4.69) is 149 Å². The summed E-state index contributed by atoms with van der Waals surface area (Å²) >= 11 is 1.79. The predicted molar refractivity (Wildman–Crippen MR) is 209 cm³/mol. The Labute approximate surface area is 280 Å². The van der Waals surface area contributed by atoms with E-state index in [1.54, 1.807) is 0 Å². The SMILES string of the molecule is C=ICc1ccc(N(c2ccc(-c3ccc4ccccc4c3)cc2)c2cc3oc4ccccc4c3c3sc4ccccc4c23)cc1. The molecule has 0 fully saturated rings. The van der Waals surface area contributed by atoms with Gasteiger partial charge in [-0.15, -0.1) is 32.1 Å². The van der Waals surface area contributed by atoms with Crippen LogP contribution in [0.15, 0.2) is 150 Å². The van der Waals surface area contributed by atoms with Crippen molar-refractivity contribution in [3.63, 3.8) is 0 Å². The average Bonchev–Trinajstić information content (AvgIpc) is 3.68. The normalized spacial score (nSPS) is 11.7. The summed E-state index contributed by atoms with van der Waals surface area (Å²) in [4.78, 5) is 2.40. The zero-order valence-corrected chi connectivity index (χ0v) is 27.9. The van der Waals surface area contributed by atoms with Crippen LogP contribution < -0.4 is 4.90 Å². The quantitative estimate of drug-likeness (QED) is 0.126. The van der Waals surface area contributed by atoms with Gasteiger partial charge in [0.1, 0.15) is 11.2 Å². The molecule has 0 aliphatic rings. The third-order valence-electron chi connectivity index (χ3n) is 8.86. The highest BCUT2D eigenvalue weighted by atomic mass is 127. The zero-order chi connectivity index (χ0) is 30.6. The Bertz CT molecular complexity index is 2580. The predicted octanol–water partition coefficient (Wildman–Crippen LogP) is 13.1. The molecule has 0 saturated carbocycles. The van der Waals surface area contributed by atoms with Crippen LogP contribution >= 0.6 is 32.1 Å². The van der Waals surface area contributed by atoms with Gasteiger partial charge in [-0.25, -0.2) is 0 Å². The van der Waals surface area contributed by atoms with Crippen LogP contribution in [0.4, 0.5) is 17.1 Å². The van der Waals surface area contributed by atoms with Crippen molar-refractivity contribution in [2.75, 3.05) is 4.90 Å². The van der Waals surface area contributed by atoms with Crippen molar-refractivity contribution in [3.8, 4) is 11.1 Å². The van der Waals surface area contributed by atoms with Gasteiger partial charge in [0.15, 0.2) is 0 Å². The van der Waals surface area contributed by atoms with Gasteiger partial charge in [0.05, 0.1) is 5.69 Å². The summed E-state index contributed by atoms with van der Waals surface area (Å²) < 4.78 is 14.3. The lowest BCUT2D eigenvalue weighted by atomic mass is 10.0. The van der Waals surface area contributed by atoms with Crippen LogP contribution in [0.1, 0.15) is 5.56 Å². The van der Waals surface area contributed by atoms with E-state index in [1.807, 2.05) is 17.4 Å². The van der Waals surface area contributed by atoms with Gasteiger partial charge in [0, 0.05) is 52.8 Å². The van der Waals surface area contributed by atoms with Crippen LogP contribution in [0.25, 0.3) is 64.0 Å². The molecule has 0 amide bonds. The van der Waals surface area contributed by atoms with Crippen molar-refractivity contribution < 1.29 is 4.42 Å². The summed E-state index contributed by atoms with van der Waals surface area (Å²) in [5.74, 6) is 0. The number of hydrogen-bond donors (Lipinski definition) is 0. The fraction of sp³-hybridized carbons (Fsp3) is 0.0238. The minimum Gasteiger partial charge on any atom is -0.456 e. The molecule has 0 aliphatic carbocycles. The molecule has 9 rings (SSSR count). The van der Waals surface area contributed by atoms with Gasteiger partial charge >= 0.3 is 0 Å². The molecule has 4 heteroatoms. The molecule has 2 aromatic heterocycles. The zero-order valence-electron chi connectivity index (χ0n) is 24.9. The van der Waals surface area contributed by atoms with Gasteiger partial charge < -0.3 is 9.32 Å². The van der Waals surface area contributed by atoms with Crippen molar-refractivity contribution in [3.05, 3.63) is 151 Å². The first-order valence-corrected chi connectivity index (χ1v) is 19.2. The van der Waals surface area contributed by atoms with E-state index >= 15 is 0 Å². The highest BCUT2D eigenvalue weighted by Crippen LogP contribution is 2.50. The number of benzene rings is 7. The van der Waals surface area contributed by atoms with E-state index in [-0.39, 0.29) is 20.7 Å². The second kappa shape index (κ2) is 11.2. The Kier molecular flexibility index (Phi) is 6.72. The van der Waals surface area contributed by atoms with Crippen molar-refractivity contribution in [1.82, 2.24) is 0 Å². The monoisotopic (exact) mass is 721 g/mol. The first-order valence-electron chi connectivity index (χ1n) is 15.3. The Morgan fingerprint density at radius 1 is 0.587 bits per heavy atom. The van der Waals surface area contributed by atoms with Gasteiger partial charge in [-0.1, -0.05) is 102 Å². The maximum atomic E-state index is 6.56. The number of nitrogens with zero attached hydrogens (tertiary/aromatic N) is 1. The fourth-order valence-electron chi connectivity index (χ4n) is 6.69. The van der Waals surface area contributed by atoms with E-state index in [9.17, 15) is 0 Å². The summed E-state index contributed by atoms with van der Waals surface area (Å²) in [6, 6.07) is 52.7. The third kappa shape index (κ3) is 4.55. The number of para-hydroxylation sites is 1. The first-order chi connectivity index (χ1) is 22.7. The lowest BCUT2D eigenvalue weighted by molar-refractivity contribution is 0.669. The van der Waals surface area contributed by atoms with Crippen molar-refractivity contribution in [1.29, 1.82) is 0 Å². The van der Waals surface area contributed by atoms with Crippen LogP contribution in [0, 0.1) is 0 Å². The largest absolute Gasteiger partial charge is 0.456 e. The molecule has 46 heavy (non-hydrogen) atoms. The van der Waals surface area contributed by atoms with E-state index in [1.165, 1.54) is 53.0 Å². The van der Waals surface area contributed by atoms with Gasteiger partial charge in [0.2, 0.25) is 0 Å². The second-order valence-corrected chi connectivity index (χ2v) is 14.5. The number of hydrogen-bond acceptors (Lipinski definition) is 3. The van der Waals surface area contributed by atoms with Gasteiger partial charge in [-0.2, -0.15) is 0 Å². The number of fused-ring (bicyclic) bond motifs is 8. The smallest absolute Gasteiger partial charge is 0.138 e. The molecule has 0 N–H and O–H groups in total. The Balaban J connectivity index is 1.29. The summed E-state index contributed by atoms with van der Waals surface area (Å²) in [7, 11) is 0. The van der Waals surface area contributed by atoms with E-state index < -0.39 is 0 Å². The maximum Gasteiger partial charge on any atom is 0.138 e. The molecule has 0 saturated heterocycles. The molecule has 2 nitrogen and oxygen atoms in total. The van der Waals surface area contributed by atoms with Crippen molar-refractivity contribution in [2.45, 2.75) is 4.43 Å². The highest BCUT2D eigenvalue weighted by Gasteiger charge is 2.23. The number of furan rings is 1. The lowest BCUT2D eigenvalue weighted by Crippen LogP contribution is -2.10. The fourth-order valence-corrected chi connectivity index (χ4v) is 9.10. The molecular weight excluding hydrogens is 693 g/mol. The van der Waals surface area contributed by atoms with Crippen LogP contribution in [0.5, 0.6) is 0 Å². The molecule has 2 heterocycles. The molecule has 220 valence electrons. The van der Waals surface area contributed by atoms with E-state index in [4.69, 9.17) is 4.42 Å². The molecule has 0 aliphatic heterocycles. The number of rotatable bonds is 6. The minimum atomic E-state index is -0.0672. The summed E-state index contributed by atoms with van der Waals surface area (Å²) in [6.45, 7) is 0. The Morgan fingerprint density at radius 3 is 2.07 bits per heavy atom. The van der Waals surface area contributed by atoms with Gasteiger partial charge in [-0.3, -0.25) is 0 Å². The first kappa shape index (κ1) is 27.5. The molecule has 0 atom stereocenters. The molecule has 9 aromatic rings. The molecule has 0 radical (unpaired) electrons. The number of thiophene rings is 1. The maximum absolute atomic E-state index is 6.56. The van der Waals surface area contributed by atoms with Crippen LogP contribution in [-0.4, -0.2) is 4.51 Å². The minimum absolute atomic E-state index is 0.0672. The highest BCUT2D eigenvalue weighted by molar-refractivity contribution is 14.2. The number of halogens is 1. The Morgan fingerprint density at radius 2 is 1.26 bits per heavy atom. The molecule has 0 bridgehead atoms. The van der Waals surface area contributed by atoms with E-state index in [0.717, 1.165) is 38.0 Å². The van der Waals surface area contributed by atoms with Crippen molar-refractivity contribution >= 4 is 107 Å². The van der Waals surface area contributed by atoms with Crippen LogP contribution in [0.3, 0.4) is 0 Å². The summed E-state index contributed by atoms with van der Waals surface area (Å²) in [5, 5.41) is 7.38. The average molecular weight is 722 g/mol. The summed E-state index contributed by atoms with van der Waals surface area (Å²) in [5.41, 5.74) is 8.93. The van der Waals surface area contributed by atoms with Crippen molar-refractivity contribution in [2.24, 2.45) is 0 Å². The molecule has 0 unspecified atom stereocenters. The molecule has 7 aromatic carbocycles. The molecule has 0 spiro atoms. The van der Waals surface area contributed by atoms with Crippen LogP contribution in [-0.2, 0) is 4.43 Å². The lowest BCUT2D eigenvalue weighted by Gasteiger charge is -2.27. The Hall–Kier alpha value is -4.78. The van der Waals surface area contributed by atoms with Gasteiger partial charge in [-0.05, 0) is 69.9 Å². The summed E-state index contributed by atoms with van der Waals surface area (Å²) in [6.07, 6.45) is 0. The third-order valence-corrected chi connectivity index (χ3v) is 11.5.